The number of anilines is 1. The minimum atomic E-state index is -3.30. The van der Waals surface area contributed by atoms with Crippen LogP contribution in [0.25, 0.3) is 0 Å². The molecule has 17 heavy (non-hydrogen) atoms. The Balaban J connectivity index is 2.79. The molecule has 0 fully saturated rings. The summed E-state index contributed by atoms with van der Waals surface area (Å²) >= 11 is 0. The number of sulfone groups is 1. The zero-order valence-electron chi connectivity index (χ0n) is 10.3. The number of hydrogen-bond acceptors (Lipinski definition) is 4. The monoisotopic (exact) mass is 257 g/mol. The first kappa shape index (κ1) is 14.0. The summed E-state index contributed by atoms with van der Waals surface area (Å²) in [5.74, 6) is -0.00269. The number of hydrogen-bond donors (Lipinski definition) is 1. The average molecular weight is 257 g/mol. The molecule has 0 saturated heterocycles. The van der Waals surface area contributed by atoms with Crippen molar-refractivity contribution in [3.05, 3.63) is 23.8 Å². The van der Waals surface area contributed by atoms with Gasteiger partial charge in [-0.2, -0.15) is 0 Å². The van der Waals surface area contributed by atoms with Gasteiger partial charge in [0.1, 0.15) is 0 Å². The summed E-state index contributed by atoms with van der Waals surface area (Å²) in [5, 5.41) is 0. The summed E-state index contributed by atoms with van der Waals surface area (Å²) in [6.45, 7) is 4.52. The Morgan fingerprint density at radius 2 is 2.00 bits per heavy atom. The SMILES string of the molecule is CCCOCCS(=O)(=O)c1cccc(N)c1C. The maximum absolute atomic E-state index is 12.0. The van der Waals surface area contributed by atoms with E-state index < -0.39 is 9.84 Å². The van der Waals surface area contributed by atoms with E-state index >= 15 is 0 Å². The van der Waals surface area contributed by atoms with Crippen molar-refractivity contribution in [3.8, 4) is 0 Å². The van der Waals surface area contributed by atoms with Crippen molar-refractivity contribution < 1.29 is 13.2 Å². The summed E-state index contributed by atoms with van der Waals surface area (Å²) < 4.78 is 29.3. The third-order valence-corrected chi connectivity index (χ3v) is 4.32. The second-order valence-electron chi connectivity index (χ2n) is 3.90. The van der Waals surface area contributed by atoms with Crippen LogP contribution in [0.1, 0.15) is 18.9 Å². The number of benzene rings is 1. The summed E-state index contributed by atoms with van der Waals surface area (Å²) in [6.07, 6.45) is 0.886. The molecule has 1 aromatic rings. The number of nitrogen functional groups attached to an aromatic ring is 1. The van der Waals surface area contributed by atoms with Gasteiger partial charge in [0.25, 0.3) is 0 Å². The number of nitrogens with two attached hydrogens (primary N) is 1. The van der Waals surface area contributed by atoms with Crippen LogP contribution in [0.2, 0.25) is 0 Å². The molecule has 1 rings (SSSR count). The van der Waals surface area contributed by atoms with E-state index in [0.29, 0.717) is 22.8 Å². The topological polar surface area (TPSA) is 69.4 Å². The van der Waals surface area contributed by atoms with Crippen molar-refractivity contribution in [2.75, 3.05) is 24.7 Å². The van der Waals surface area contributed by atoms with Crippen molar-refractivity contribution >= 4 is 15.5 Å². The molecule has 1 aromatic carbocycles. The maximum atomic E-state index is 12.0. The molecule has 0 amide bonds. The highest BCUT2D eigenvalue weighted by Crippen LogP contribution is 2.21. The third-order valence-electron chi connectivity index (χ3n) is 2.51. The van der Waals surface area contributed by atoms with Gasteiger partial charge in [0.15, 0.2) is 9.84 Å². The molecular weight excluding hydrogens is 238 g/mol. The predicted octanol–water partition coefficient (Wildman–Crippen LogP) is 1.78. The lowest BCUT2D eigenvalue weighted by Gasteiger charge is -2.09. The molecule has 0 spiro atoms. The molecule has 4 nitrogen and oxygen atoms in total. The smallest absolute Gasteiger partial charge is 0.180 e. The van der Waals surface area contributed by atoms with Crippen LogP contribution in [0.3, 0.4) is 0 Å². The van der Waals surface area contributed by atoms with Crippen LogP contribution in [-0.4, -0.2) is 27.4 Å². The highest BCUT2D eigenvalue weighted by atomic mass is 32.2. The van der Waals surface area contributed by atoms with E-state index in [1.165, 1.54) is 0 Å². The molecule has 0 radical (unpaired) electrons. The largest absolute Gasteiger partial charge is 0.398 e. The Bertz CT molecular complexity index is 469. The van der Waals surface area contributed by atoms with Gasteiger partial charge < -0.3 is 10.5 Å². The van der Waals surface area contributed by atoms with Crippen molar-refractivity contribution in [2.45, 2.75) is 25.2 Å². The normalized spacial score (nSPS) is 11.6. The van der Waals surface area contributed by atoms with Crippen LogP contribution in [0.4, 0.5) is 5.69 Å². The highest BCUT2D eigenvalue weighted by molar-refractivity contribution is 7.91. The van der Waals surface area contributed by atoms with Gasteiger partial charge in [0.05, 0.1) is 17.3 Å². The summed E-state index contributed by atoms with van der Waals surface area (Å²) in [5.41, 5.74) is 6.81. The molecule has 0 heterocycles. The van der Waals surface area contributed by atoms with E-state index in [4.69, 9.17) is 10.5 Å². The van der Waals surface area contributed by atoms with E-state index in [1.807, 2.05) is 6.92 Å². The second-order valence-corrected chi connectivity index (χ2v) is 5.98. The summed E-state index contributed by atoms with van der Waals surface area (Å²) in [4.78, 5) is 0.303. The third kappa shape index (κ3) is 3.71. The molecule has 0 saturated carbocycles. The zero-order chi connectivity index (χ0) is 12.9. The van der Waals surface area contributed by atoms with Gasteiger partial charge >= 0.3 is 0 Å². The predicted molar refractivity (Wildman–Crippen MR) is 68.8 cm³/mol. The first-order valence-electron chi connectivity index (χ1n) is 5.64. The van der Waals surface area contributed by atoms with E-state index in [0.717, 1.165) is 6.42 Å². The fourth-order valence-electron chi connectivity index (χ4n) is 1.49. The van der Waals surface area contributed by atoms with E-state index in [1.54, 1.807) is 25.1 Å². The Labute approximate surface area is 103 Å². The van der Waals surface area contributed by atoms with E-state index in [2.05, 4.69) is 0 Å². The van der Waals surface area contributed by atoms with Gasteiger partial charge in [0, 0.05) is 12.3 Å². The summed E-state index contributed by atoms with van der Waals surface area (Å²) in [7, 11) is -3.30. The van der Waals surface area contributed by atoms with Crippen molar-refractivity contribution in [1.82, 2.24) is 0 Å². The molecule has 0 aliphatic rings. The Morgan fingerprint density at radius 1 is 1.29 bits per heavy atom. The minimum Gasteiger partial charge on any atom is -0.398 e. The van der Waals surface area contributed by atoms with Crippen molar-refractivity contribution in [2.24, 2.45) is 0 Å². The van der Waals surface area contributed by atoms with Gasteiger partial charge in [-0.05, 0) is 31.0 Å². The first-order chi connectivity index (χ1) is 7.99. The van der Waals surface area contributed by atoms with Crippen LogP contribution in [0.15, 0.2) is 23.1 Å². The van der Waals surface area contributed by atoms with Gasteiger partial charge in [-0.25, -0.2) is 8.42 Å². The van der Waals surface area contributed by atoms with Crippen LogP contribution in [0, 0.1) is 6.92 Å². The Hall–Kier alpha value is -1.07. The minimum absolute atomic E-state index is 0.00269. The molecule has 0 unspecified atom stereocenters. The van der Waals surface area contributed by atoms with E-state index in [-0.39, 0.29) is 12.4 Å². The zero-order valence-corrected chi connectivity index (χ0v) is 11.1. The fourth-order valence-corrected chi connectivity index (χ4v) is 2.92. The van der Waals surface area contributed by atoms with E-state index in [9.17, 15) is 8.42 Å². The lowest BCUT2D eigenvalue weighted by molar-refractivity contribution is 0.149. The van der Waals surface area contributed by atoms with Crippen LogP contribution >= 0.6 is 0 Å². The molecule has 0 aliphatic heterocycles. The van der Waals surface area contributed by atoms with Crippen LogP contribution < -0.4 is 5.73 Å². The molecule has 0 aromatic heterocycles. The standard InChI is InChI=1S/C12H19NO3S/c1-3-7-16-8-9-17(14,15)12-6-4-5-11(13)10(12)2/h4-6H,3,7-9,13H2,1-2H3. The van der Waals surface area contributed by atoms with Gasteiger partial charge in [-0.15, -0.1) is 0 Å². The molecule has 0 aliphatic carbocycles. The van der Waals surface area contributed by atoms with Gasteiger partial charge in [-0.1, -0.05) is 13.0 Å². The van der Waals surface area contributed by atoms with Gasteiger partial charge in [-0.3, -0.25) is 0 Å². The molecule has 5 heteroatoms. The number of ether oxygens (including phenoxy) is 1. The molecule has 96 valence electrons. The van der Waals surface area contributed by atoms with Crippen molar-refractivity contribution in [1.29, 1.82) is 0 Å². The number of rotatable bonds is 6. The fraction of sp³-hybridized carbons (Fsp3) is 0.500. The molecule has 0 bridgehead atoms. The lowest BCUT2D eigenvalue weighted by atomic mass is 10.2. The molecule has 0 atom stereocenters. The molecular formula is C12H19NO3S. The summed E-state index contributed by atoms with van der Waals surface area (Å²) in [6, 6.07) is 4.94. The Morgan fingerprint density at radius 3 is 2.65 bits per heavy atom. The molecule has 2 N–H and O–H groups in total. The lowest BCUT2D eigenvalue weighted by Crippen LogP contribution is -2.14. The first-order valence-corrected chi connectivity index (χ1v) is 7.30. The quantitative estimate of drug-likeness (QED) is 0.623. The van der Waals surface area contributed by atoms with Crippen LogP contribution in [-0.2, 0) is 14.6 Å². The van der Waals surface area contributed by atoms with Gasteiger partial charge in [0.2, 0.25) is 0 Å². The van der Waals surface area contributed by atoms with Crippen molar-refractivity contribution in [3.63, 3.8) is 0 Å². The average Bonchev–Trinajstić information content (AvgIpc) is 2.28. The second kappa shape index (κ2) is 6.02. The highest BCUT2D eigenvalue weighted by Gasteiger charge is 2.17. The maximum Gasteiger partial charge on any atom is 0.180 e. The van der Waals surface area contributed by atoms with Crippen LogP contribution in [0.5, 0.6) is 0 Å². The Kier molecular flexibility index (Phi) is 4.96.